The van der Waals surface area contributed by atoms with Crippen LogP contribution in [-0.2, 0) is 0 Å². The molecule has 0 N–H and O–H groups in total. The van der Waals surface area contributed by atoms with Crippen molar-refractivity contribution in [2.45, 2.75) is 31.6 Å². The van der Waals surface area contributed by atoms with Crippen molar-refractivity contribution in [2.24, 2.45) is 0 Å². The molecule has 2 heterocycles. The van der Waals surface area contributed by atoms with Crippen molar-refractivity contribution >= 4 is 34.3 Å². The maximum atomic E-state index is 5.58. The molecule has 3 aromatic carbocycles. The number of aryl methyl sites for hydroxylation is 1. The van der Waals surface area contributed by atoms with Crippen molar-refractivity contribution in [1.82, 2.24) is 15.1 Å². The first kappa shape index (κ1) is 23.1. The molecule has 0 fully saturated rings. The standard InChI is InChI=1S/C30H27N3OS/c1-19(2)25-17-24-9-6-14-31-29(24)27(18-25)23-8-5-7-21(15-23)16-28(30-32-20(3)33-34-30)22-10-12-26(35-4)13-11-22/h5-19H,1-4H3. The molecule has 5 heteroatoms. The molecule has 2 aromatic heterocycles. The summed E-state index contributed by atoms with van der Waals surface area (Å²) in [6.07, 6.45) is 6.05. The van der Waals surface area contributed by atoms with E-state index in [1.165, 1.54) is 10.5 Å². The van der Waals surface area contributed by atoms with Crippen molar-refractivity contribution in [3.63, 3.8) is 0 Å². The zero-order valence-corrected chi connectivity index (χ0v) is 21.1. The lowest BCUT2D eigenvalue weighted by atomic mass is 9.93. The van der Waals surface area contributed by atoms with Crippen LogP contribution < -0.4 is 0 Å². The van der Waals surface area contributed by atoms with Gasteiger partial charge in [0.25, 0.3) is 5.89 Å². The number of rotatable bonds is 6. The first-order valence-corrected chi connectivity index (χ1v) is 12.9. The normalized spacial score (nSPS) is 12.0. The van der Waals surface area contributed by atoms with Gasteiger partial charge in [-0.3, -0.25) is 4.98 Å². The molecule has 35 heavy (non-hydrogen) atoms. The number of thioether (sulfide) groups is 1. The first-order valence-electron chi connectivity index (χ1n) is 11.7. The molecule has 4 nitrogen and oxygen atoms in total. The number of pyridine rings is 1. The summed E-state index contributed by atoms with van der Waals surface area (Å²) in [6.45, 7) is 6.28. The van der Waals surface area contributed by atoms with Gasteiger partial charge in [0.2, 0.25) is 0 Å². The number of aromatic nitrogens is 3. The lowest BCUT2D eigenvalue weighted by molar-refractivity contribution is 0.403. The minimum atomic E-state index is 0.429. The zero-order valence-electron chi connectivity index (χ0n) is 20.3. The quantitative estimate of drug-likeness (QED) is 0.183. The largest absolute Gasteiger partial charge is 0.334 e. The second-order valence-corrected chi connectivity index (χ2v) is 9.74. The van der Waals surface area contributed by atoms with Crippen LogP contribution in [0.3, 0.4) is 0 Å². The topological polar surface area (TPSA) is 51.8 Å². The van der Waals surface area contributed by atoms with Gasteiger partial charge in [0.15, 0.2) is 5.82 Å². The highest BCUT2D eigenvalue weighted by Crippen LogP contribution is 2.33. The van der Waals surface area contributed by atoms with Gasteiger partial charge in [0.05, 0.1) is 5.52 Å². The molecule has 0 radical (unpaired) electrons. The van der Waals surface area contributed by atoms with E-state index in [2.05, 4.69) is 103 Å². The van der Waals surface area contributed by atoms with Crippen molar-refractivity contribution in [3.8, 4) is 11.1 Å². The van der Waals surface area contributed by atoms with Gasteiger partial charge >= 0.3 is 0 Å². The van der Waals surface area contributed by atoms with E-state index >= 15 is 0 Å². The molecule has 0 unspecified atom stereocenters. The molecule has 0 amide bonds. The van der Waals surface area contributed by atoms with E-state index in [0.29, 0.717) is 17.6 Å². The fourth-order valence-corrected chi connectivity index (χ4v) is 4.59. The minimum absolute atomic E-state index is 0.429. The average Bonchev–Trinajstić information content (AvgIpc) is 3.32. The van der Waals surface area contributed by atoms with Crippen molar-refractivity contribution in [1.29, 1.82) is 0 Å². The first-order chi connectivity index (χ1) is 17.0. The Hall–Kier alpha value is -3.70. The molecular formula is C30H27N3OS. The van der Waals surface area contributed by atoms with Crippen LogP contribution in [0.4, 0.5) is 0 Å². The van der Waals surface area contributed by atoms with Crippen LogP contribution >= 0.6 is 11.8 Å². The third-order valence-corrected chi connectivity index (χ3v) is 6.81. The molecule has 0 saturated heterocycles. The average molecular weight is 478 g/mol. The van der Waals surface area contributed by atoms with Gasteiger partial charge in [0, 0.05) is 27.6 Å². The van der Waals surface area contributed by atoms with Crippen LogP contribution in [0.5, 0.6) is 0 Å². The molecule has 0 aliphatic heterocycles. The number of hydrogen-bond donors (Lipinski definition) is 0. The Morgan fingerprint density at radius 3 is 2.51 bits per heavy atom. The maximum Gasteiger partial charge on any atom is 0.258 e. The third kappa shape index (κ3) is 4.91. The summed E-state index contributed by atoms with van der Waals surface area (Å²) in [7, 11) is 0. The van der Waals surface area contributed by atoms with E-state index in [9.17, 15) is 0 Å². The Morgan fingerprint density at radius 2 is 1.80 bits per heavy atom. The highest BCUT2D eigenvalue weighted by atomic mass is 32.2. The monoisotopic (exact) mass is 477 g/mol. The Bertz CT molecular complexity index is 1520. The molecule has 0 saturated carbocycles. The molecular weight excluding hydrogens is 450 g/mol. The summed E-state index contributed by atoms with van der Waals surface area (Å²) in [5, 5.41) is 5.18. The van der Waals surface area contributed by atoms with Crippen LogP contribution in [0.15, 0.2) is 88.4 Å². The van der Waals surface area contributed by atoms with Crippen LogP contribution in [0.1, 0.15) is 48.2 Å². The molecule has 0 aliphatic rings. The van der Waals surface area contributed by atoms with Crippen LogP contribution in [-0.4, -0.2) is 21.4 Å². The lowest BCUT2D eigenvalue weighted by Gasteiger charge is -2.13. The summed E-state index contributed by atoms with van der Waals surface area (Å²) < 4.78 is 5.58. The Labute approximate surface area is 210 Å². The molecule has 0 bridgehead atoms. The summed E-state index contributed by atoms with van der Waals surface area (Å²) in [6, 6.07) is 25.6. The van der Waals surface area contributed by atoms with Gasteiger partial charge < -0.3 is 4.52 Å². The zero-order chi connectivity index (χ0) is 24.4. The van der Waals surface area contributed by atoms with E-state index in [1.807, 2.05) is 19.2 Å². The van der Waals surface area contributed by atoms with E-state index in [4.69, 9.17) is 9.51 Å². The molecule has 0 aliphatic carbocycles. The molecule has 0 atom stereocenters. The molecule has 5 aromatic rings. The van der Waals surface area contributed by atoms with Gasteiger partial charge in [-0.15, -0.1) is 11.8 Å². The van der Waals surface area contributed by atoms with E-state index < -0.39 is 0 Å². The minimum Gasteiger partial charge on any atom is -0.334 e. The highest BCUT2D eigenvalue weighted by Gasteiger charge is 2.14. The summed E-state index contributed by atoms with van der Waals surface area (Å²) in [4.78, 5) is 10.4. The summed E-state index contributed by atoms with van der Waals surface area (Å²) in [5.74, 6) is 1.56. The predicted octanol–water partition coefficient (Wildman–Crippen LogP) is 8.03. The van der Waals surface area contributed by atoms with Gasteiger partial charge in [-0.25, -0.2) is 0 Å². The number of benzene rings is 3. The Kier molecular flexibility index (Phi) is 6.51. The second kappa shape index (κ2) is 9.88. The Balaban J connectivity index is 1.64. The summed E-state index contributed by atoms with van der Waals surface area (Å²) >= 11 is 1.72. The summed E-state index contributed by atoms with van der Waals surface area (Å²) in [5.41, 5.74) is 7.57. The van der Waals surface area contributed by atoms with Crippen molar-refractivity contribution in [2.75, 3.05) is 6.26 Å². The SMILES string of the molecule is CSc1ccc(C(=Cc2cccc(-c3cc(C(C)C)cc4cccnc34)c2)c2nc(C)no2)cc1. The fourth-order valence-electron chi connectivity index (χ4n) is 4.18. The van der Waals surface area contributed by atoms with Crippen LogP contribution in [0, 0.1) is 6.92 Å². The second-order valence-electron chi connectivity index (χ2n) is 8.86. The molecule has 174 valence electrons. The highest BCUT2D eigenvalue weighted by molar-refractivity contribution is 7.98. The van der Waals surface area contributed by atoms with Crippen LogP contribution in [0.2, 0.25) is 0 Å². The van der Waals surface area contributed by atoms with Crippen molar-refractivity contribution < 1.29 is 4.52 Å². The fraction of sp³-hybridized carbons (Fsp3) is 0.167. The maximum absolute atomic E-state index is 5.58. The third-order valence-electron chi connectivity index (χ3n) is 6.06. The van der Waals surface area contributed by atoms with Gasteiger partial charge in [-0.05, 0) is 83.8 Å². The lowest BCUT2D eigenvalue weighted by Crippen LogP contribution is -1.93. The number of nitrogens with zero attached hydrogens (tertiary/aromatic N) is 3. The van der Waals surface area contributed by atoms with Crippen molar-refractivity contribution in [3.05, 3.63) is 107 Å². The van der Waals surface area contributed by atoms with E-state index in [-0.39, 0.29) is 0 Å². The molecule has 5 rings (SSSR count). The van der Waals surface area contributed by atoms with Gasteiger partial charge in [-0.2, -0.15) is 4.98 Å². The van der Waals surface area contributed by atoms with Gasteiger partial charge in [-0.1, -0.05) is 55.4 Å². The smallest absolute Gasteiger partial charge is 0.258 e. The van der Waals surface area contributed by atoms with Crippen LogP contribution in [0.25, 0.3) is 33.7 Å². The number of fused-ring (bicyclic) bond motifs is 1. The number of hydrogen-bond acceptors (Lipinski definition) is 5. The predicted molar refractivity (Wildman–Crippen MR) is 145 cm³/mol. The Morgan fingerprint density at radius 1 is 0.971 bits per heavy atom. The van der Waals surface area contributed by atoms with E-state index in [1.54, 1.807) is 11.8 Å². The van der Waals surface area contributed by atoms with Gasteiger partial charge in [0.1, 0.15) is 0 Å². The van der Waals surface area contributed by atoms with E-state index in [0.717, 1.165) is 38.7 Å². The molecule has 0 spiro atoms.